The van der Waals surface area contributed by atoms with E-state index in [1.807, 2.05) is 29.2 Å². The zero-order chi connectivity index (χ0) is 15.0. The van der Waals surface area contributed by atoms with E-state index >= 15 is 0 Å². The lowest BCUT2D eigenvalue weighted by atomic mass is 9.78. The van der Waals surface area contributed by atoms with Gasteiger partial charge in [0.1, 0.15) is 0 Å². The molecule has 124 valence electrons. The van der Waals surface area contributed by atoms with E-state index in [2.05, 4.69) is 15.5 Å². The van der Waals surface area contributed by atoms with E-state index in [4.69, 9.17) is 0 Å². The molecule has 0 unspecified atom stereocenters. The molecule has 2 fully saturated rings. The molecule has 0 bridgehead atoms. The summed E-state index contributed by atoms with van der Waals surface area (Å²) in [6, 6.07) is 7.95. The van der Waals surface area contributed by atoms with Crippen LogP contribution in [0.4, 0.5) is 0 Å². The van der Waals surface area contributed by atoms with Gasteiger partial charge in [0.15, 0.2) is 0 Å². The van der Waals surface area contributed by atoms with Gasteiger partial charge in [-0.15, -0.1) is 12.4 Å². The number of likely N-dealkylation sites (tertiary alicyclic amines) is 1. The van der Waals surface area contributed by atoms with Crippen molar-refractivity contribution in [1.29, 1.82) is 0 Å². The van der Waals surface area contributed by atoms with Crippen molar-refractivity contribution in [3.8, 4) is 0 Å². The molecule has 0 radical (unpaired) electrons. The van der Waals surface area contributed by atoms with Crippen molar-refractivity contribution in [3.05, 3.63) is 30.0 Å². The number of benzene rings is 1. The minimum Gasteiger partial charge on any atom is -0.342 e. The summed E-state index contributed by atoms with van der Waals surface area (Å²) in [5.74, 6) is 0.218. The van der Waals surface area contributed by atoms with Crippen molar-refractivity contribution in [2.75, 3.05) is 26.2 Å². The molecule has 23 heavy (non-hydrogen) atoms. The third-order valence-electron chi connectivity index (χ3n) is 5.38. The van der Waals surface area contributed by atoms with Gasteiger partial charge in [0.05, 0.1) is 17.6 Å². The number of aromatic nitrogens is 2. The van der Waals surface area contributed by atoms with E-state index in [0.29, 0.717) is 11.8 Å². The van der Waals surface area contributed by atoms with E-state index in [9.17, 15) is 4.79 Å². The number of carbonyl (C=O) groups is 1. The second-order valence-electron chi connectivity index (χ2n) is 6.70. The number of para-hydroxylation sites is 1. The molecule has 0 saturated carbocycles. The first-order valence-corrected chi connectivity index (χ1v) is 8.16. The average Bonchev–Trinajstić information content (AvgIpc) is 3.16. The molecule has 0 aliphatic carbocycles. The van der Waals surface area contributed by atoms with Crippen LogP contribution in [0.15, 0.2) is 24.3 Å². The van der Waals surface area contributed by atoms with Crippen LogP contribution >= 0.6 is 12.4 Å². The third kappa shape index (κ3) is 3.08. The first-order valence-electron chi connectivity index (χ1n) is 8.16. The molecule has 2 aromatic rings. The van der Waals surface area contributed by atoms with Crippen molar-refractivity contribution in [2.24, 2.45) is 5.41 Å². The van der Waals surface area contributed by atoms with Gasteiger partial charge in [-0.1, -0.05) is 18.2 Å². The van der Waals surface area contributed by atoms with Gasteiger partial charge in [-0.3, -0.25) is 9.89 Å². The second-order valence-corrected chi connectivity index (χ2v) is 6.70. The smallest absolute Gasteiger partial charge is 0.228 e. The van der Waals surface area contributed by atoms with Crippen molar-refractivity contribution < 1.29 is 4.79 Å². The van der Waals surface area contributed by atoms with Gasteiger partial charge in [-0.05, 0) is 37.3 Å². The number of carbonyl (C=O) groups excluding carboxylic acids is 1. The normalized spacial score (nSPS) is 19.9. The Morgan fingerprint density at radius 2 is 2.00 bits per heavy atom. The molecular weight excluding hydrogens is 312 g/mol. The summed E-state index contributed by atoms with van der Waals surface area (Å²) in [6.07, 6.45) is 3.96. The Bertz CT molecular complexity index is 683. The lowest BCUT2D eigenvalue weighted by molar-refractivity contribution is -0.132. The Kier molecular flexibility index (Phi) is 4.60. The largest absolute Gasteiger partial charge is 0.342 e. The maximum Gasteiger partial charge on any atom is 0.228 e. The Hall–Kier alpha value is -1.59. The van der Waals surface area contributed by atoms with E-state index in [0.717, 1.165) is 55.6 Å². The van der Waals surface area contributed by atoms with Crippen LogP contribution in [0.2, 0.25) is 0 Å². The number of aromatic amines is 1. The van der Waals surface area contributed by atoms with E-state index in [-0.39, 0.29) is 18.3 Å². The van der Waals surface area contributed by atoms with Gasteiger partial charge in [-0.2, -0.15) is 5.10 Å². The van der Waals surface area contributed by atoms with Crippen LogP contribution in [0.25, 0.3) is 10.9 Å². The monoisotopic (exact) mass is 334 g/mol. The Labute approximate surface area is 142 Å². The van der Waals surface area contributed by atoms with Gasteiger partial charge in [0.25, 0.3) is 0 Å². The number of amides is 1. The number of nitrogens with one attached hydrogen (secondary N) is 2. The molecule has 1 aromatic heterocycles. The predicted octanol–water partition coefficient (Wildman–Crippen LogP) is 2.13. The van der Waals surface area contributed by atoms with Crippen molar-refractivity contribution in [3.63, 3.8) is 0 Å². The van der Waals surface area contributed by atoms with Crippen LogP contribution in [0.1, 0.15) is 25.0 Å². The number of hydrogen-bond acceptors (Lipinski definition) is 3. The molecule has 3 heterocycles. The number of piperidine rings is 1. The van der Waals surface area contributed by atoms with Gasteiger partial charge >= 0.3 is 0 Å². The molecule has 0 atom stereocenters. The molecule has 2 N–H and O–H groups in total. The zero-order valence-corrected chi connectivity index (χ0v) is 14.0. The first kappa shape index (κ1) is 16.3. The van der Waals surface area contributed by atoms with E-state index in [1.165, 1.54) is 6.42 Å². The highest BCUT2D eigenvalue weighted by Gasteiger charge is 2.38. The summed E-state index contributed by atoms with van der Waals surface area (Å²) in [5, 5.41) is 11.8. The highest BCUT2D eigenvalue weighted by atomic mass is 35.5. The number of fused-ring (bicyclic) bond motifs is 1. The summed E-state index contributed by atoms with van der Waals surface area (Å²) < 4.78 is 0. The van der Waals surface area contributed by atoms with Crippen molar-refractivity contribution in [1.82, 2.24) is 20.4 Å². The minimum atomic E-state index is 0. The minimum absolute atomic E-state index is 0. The lowest BCUT2D eigenvalue weighted by Gasteiger charge is -2.38. The van der Waals surface area contributed by atoms with Gasteiger partial charge in [-0.25, -0.2) is 0 Å². The molecule has 1 aromatic carbocycles. The SMILES string of the molecule is Cl.O=C(Cc1[nH]nc2ccccc12)N1CCC2(CCNC2)CC1. The third-order valence-corrected chi connectivity index (χ3v) is 5.38. The Morgan fingerprint density at radius 1 is 1.22 bits per heavy atom. The number of H-pyrrole nitrogens is 1. The van der Waals surface area contributed by atoms with Crippen LogP contribution < -0.4 is 5.32 Å². The topological polar surface area (TPSA) is 61.0 Å². The summed E-state index contributed by atoms with van der Waals surface area (Å²) in [7, 11) is 0. The summed E-state index contributed by atoms with van der Waals surface area (Å²) in [6.45, 7) is 4.05. The highest BCUT2D eigenvalue weighted by molar-refractivity contribution is 5.87. The number of nitrogens with zero attached hydrogens (tertiary/aromatic N) is 2. The molecule has 2 saturated heterocycles. The number of hydrogen-bond donors (Lipinski definition) is 2. The first-order chi connectivity index (χ1) is 10.8. The van der Waals surface area contributed by atoms with Crippen LogP contribution in [-0.4, -0.2) is 47.2 Å². The standard InChI is InChI=1S/C17H22N4O.ClH/c22-16(11-15-13-3-1-2-4-14(13)19-20-15)21-9-6-17(7-10-21)5-8-18-12-17;/h1-4,18H,5-12H2,(H,19,20);1H. The maximum absolute atomic E-state index is 12.6. The molecule has 1 amide bonds. The molecular formula is C17H23ClN4O. The molecule has 5 nitrogen and oxygen atoms in total. The summed E-state index contributed by atoms with van der Waals surface area (Å²) >= 11 is 0. The number of rotatable bonds is 2. The van der Waals surface area contributed by atoms with Gasteiger partial charge in [0.2, 0.25) is 5.91 Å². The Morgan fingerprint density at radius 3 is 2.74 bits per heavy atom. The second kappa shape index (κ2) is 6.49. The quantitative estimate of drug-likeness (QED) is 0.884. The van der Waals surface area contributed by atoms with Gasteiger partial charge < -0.3 is 10.2 Å². The van der Waals surface area contributed by atoms with Gasteiger partial charge in [0, 0.05) is 25.0 Å². The van der Waals surface area contributed by atoms with E-state index in [1.54, 1.807) is 0 Å². The van der Waals surface area contributed by atoms with Crippen molar-refractivity contribution >= 4 is 29.2 Å². The van der Waals surface area contributed by atoms with Crippen LogP contribution in [0.5, 0.6) is 0 Å². The molecule has 4 rings (SSSR count). The fourth-order valence-corrected chi connectivity index (χ4v) is 3.86. The molecule has 2 aliphatic rings. The predicted molar refractivity (Wildman–Crippen MR) is 92.8 cm³/mol. The molecule has 6 heteroatoms. The van der Waals surface area contributed by atoms with E-state index < -0.39 is 0 Å². The molecule has 1 spiro atoms. The van der Waals surface area contributed by atoms with Crippen LogP contribution in [0, 0.1) is 5.41 Å². The Balaban J connectivity index is 0.00000156. The average molecular weight is 335 g/mol. The summed E-state index contributed by atoms with van der Waals surface area (Å²) in [4.78, 5) is 14.6. The van der Waals surface area contributed by atoms with Crippen LogP contribution in [0.3, 0.4) is 0 Å². The molecule has 2 aliphatic heterocycles. The maximum atomic E-state index is 12.6. The zero-order valence-electron chi connectivity index (χ0n) is 13.2. The van der Waals surface area contributed by atoms with Crippen LogP contribution in [-0.2, 0) is 11.2 Å². The fraction of sp³-hybridized carbons (Fsp3) is 0.529. The fourth-order valence-electron chi connectivity index (χ4n) is 3.86. The lowest BCUT2D eigenvalue weighted by Crippen LogP contribution is -2.44. The summed E-state index contributed by atoms with van der Waals surface area (Å²) in [5.41, 5.74) is 2.32. The number of halogens is 1. The highest BCUT2D eigenvalue weighted by Crippen LogP contribution is 2.37. The van der Waals surface area contributed by atoms with Crippen molar-refractivity contribution in [2.45, 2.75) is 25.7 Å².